The molecule has 0 amide bonds. The van der Waals surface area contributed by atoms with Crippen molar-refractivity contribution in [3.63, 3.8) is 0 Å². The Hall–Kier alpha value is -1.53. The number of rotatable bonds is 3. The van der Waals surface area contributed by atoms with Gasteiger partial charge in [-0.05, 0) is 36.3 Å². The Balaban J connectivity index is 1.92. The summed E-state index contributed by atoms with van der Waals surface area (Å²) in [5, 5.41) is 13.2. The maximum Gasteiger partial charge on any atom is 0.127 e. The monoisotopic (exact) mass is 341 g/mol. The summed E-state index contributed by atoms with van der Waals surface area (Å²) in [7, 11) is 0.483. The van der Waals surface area contributed by atoms with Crippen molar-refractivity contribution in [2.75, 3.05) is 18.0 Å². The number of phenolic OH excluding ortho intramolecular Hbond substituents is 1. The van der Waals surface area contributed by atoms with E-state index in [1.54, 1.807) is 0 Å². The van der Waals surface area contributed by atoms with Gasteiger partial charge in [-0.1, -0.05) is 65.8 Å². The van der Waals surface area contributed by atoms with Gasteiger partial charge in [-0.3, -0.25) is 0 Å². The Bertz CT molecular complexity index is 699. The Morgan fingerprint density at radius 3 is 2.25 bits per heavy atom. The van der Waals surface area contributed by atoms with Gasteiger partial charge in [-0.25, -0.2) is 0 Å². The highest BCUT2D eigenvalue weighted by molar-refractivity contribution is 7.56. The predicted molar refractivity (Wildman–Crippen MR) is 107 cm³/mol. The second-order valence-electron chi connectivity index (χ2n) is 7.64. The molecule has 1 aliphatic rings. The second kappa shape index (κ2) is 7.15. The SMILES string of the molecule is CC(C)(C)c1cccc(Pc2ccccc2N2CCCCC2)c1O. The van der Waals surface area contributed by atoms with Crippen LogP contribution < -0.4 is 15.5 Å². The van der Waals surface area contributed by atoms with Crippen LogP contribution in [0.5, 0.6) is 5.75 Å². The lowest BCUT2D eigenvalue weighted by molar-refractivity contribution is 0.451. The molecule has 128 valence electrons. The van der Waals surface area contributed by atoms with Gasteiger partial charge in [0.2, 0.25) is 0 Å². The van der Waals surface area contributed by atoms with E-state index in [0.29, 0.717) is 14.3 Å². The quantitative estimate of drug-likeness (QED) is 0.841. The van der Waals surface area contributed by atoms with Gasteiger partial charge in [0.1, 0.15) is 5.75 Å². The molecule has 1 saturated heterocycles. The predicted octanol–water partition coefficient (Wildman–Crippen LogP) is 4.31. The zero-order valence-electron chi connectivity index (χ0n) is 15.0. The third kappa shape index (κ3) is 3.75. The van der Waals surface area contributed by atoms with Gasteiger partial charge in [0.25, 0.3) is 0 Å². The standard InChI is InChI=1S/C21H28NOP/c1-21(2,3)16-10-9-13-19(20(16)23)24-18-12-6-5-11-17(18)22-14-7-4-8-15-22/h5-6,9-13,23-24H,4,7-8,14-15H2,1-3H3. The first kappa shape index (κ1) is 17.3. The van der Waals surface area contributed by atoms with Crippen LogP contribution >= 0.6 is 8.58 Å². The van der Waals surface area contributed by atoms with Gasteiger partial charge < -0.3 is 10.0 Å². The fourth-order valence-electron chi connectivity index (χ4n) is 3.38. The molecule has 2 aromatic carbocycles. The number of nitrogens with zero attached hydrogens (tertiary/aromatic N) is 1. The molecule has 0 aromatic heterocycles. The van der Waals surface area contributed by atoms with E-state index in [1.165, 1.54) is 30.3 Å². The molecule has 0 spiro atoms. The number of benzene rings is 2. The van der Waals surface area contributed by atoms with Crippen LogP contribution in [-0.4, -0.2) is 18.2 Å². The summed E-state index contributed by atoms with van der Waals surface area (Å²) in [5.74, 6) is 0.469. The fourth-order valence-corrected chi connectivity index (χ4v) is 4.66. The number of piperidine rings is 1. The lowest BCUT2D eigenvalue weighted by Gasteiger charge is -2.30. The summed E-state index contributed by atoms with van der Waals surface area (Å²) in [6, 6.07) is 14.9. The highest BCUT2D eigenvalue weighted by atomic mass is 31.1. The van der Waals surface area contributed by atoms with Crippen LogP contribution in [0.3, 0.4) is 0 Å². The second-order valence-corrected chi connectivity index (χ2v) is 8.97. The van der Waals surface area contributed by atoms with Crippen molar-refractivity contribution in [2.24, 2.45) is 0 Å². The van der Waals surface area contributed by atoms with Gasteiger partial charge in [-0.15, -0.1) is 0 Å². The van der Waals surface area contributed by atoms with Crippen molar-refractivity contribution in [1.29, 1.82) is 0 Å². The van der Waals surface area contributed by atoms with Crippen LogP contribution in [0.2, 0.25) is 0 Å². The van der Waals surface area contributed by atoms with E-state index in [-0.39, 0.29) is 5.41 Å². The summed E-state index contributed by atoms with van der Waals surface area (Å²) in [6.07, 6.45) is 3.90. The molecular formula is C21H28NOP. The van der Waals surface area contributed by atoms with Crippen molar-refractivity contribution < 1.29 is 5.11 Å². The van der Waals surface area contributed by atoms with E-state index in [0.717, 1.165) is 24.0 Å². The van der Waals surface area contributed by atoms with Gasteiger partial charge >= 0.3 is 0 Å². The number of aromatic hydroxyl groups is 1. The van der Waals surface area contributed by atoms with Crippen molar-refractivity contribution in [1.82, 2.24) is 0 Å². The number of hydrogen-bond donors (Lipinski definition) is 1. The molecule has 1 N–H and O–H groups in total. The molecular weight excluding hydrogens is 313 g/mol. The van der Waals surface area contributed by atoms with Gasteiger partial charge in [-0.2, -0.15) is 0 Å². The first-order valence-corrected chi connectivity index (χ1v) is 9.90. The highest BCUT2D eigenvalue weighted by Gasteiger charge is 2.21. The van der Waals surface area contributed by atoms with Crippen LogP contribution in [0.25, 0.3) is 0 Å². The van der Waals surface area contributed by atoms with Crippen LogP contribution in [0.4, 0.5) is 5.69 Å². The van der Waals surface area contributed by atoms with E-state index in [4.69, 9.17) is 0 Å². The Morgan fingerprint density at radius 1 is 0.875 bits per heavy atom. The van der Waals surface area contributed by atoms with Crippen molar-refractivity contribution in [2.45, 2.75) is 45.4 Å². The minimum Gasteiger partial charge on any atom is -0.507 e. The number of phenols is 1. The first-order chi connectivity index (χ1) is 11.5. The first-order valence-electron chi connectivity index (χ1n) is 8.90. The zero-order chi connectivity index (χ0) is 17.2. The number of anilines is 1. The van der Waals surface area contributed by atoms with Crippen molar-refractivity contribution in [3.05, 3.63) is 48.0 Å². The molecule has 24 heavy (non-hydrogen) atoms. The van der Waals surface area contributed by atoms with Crippen LogP contribution in [0.1, 0.15) is 45.6 Å². The molecule has 2 aromatic rings. The average Bonchev–Trinajstić information content (AvgIpc) is 2.57. The minimum atomic E-state index is -0.0447. The number of para-hydroxylation sites is 2. The third-order valence-corrected chi connectivity index (χ3v) is 6.08. The lowest BCUT2D eigenvalue weighted by atomic mass is 9.86. The summed E-state index contributed by atoms with van der Waals surface area (Å²) in [5.41, 5.74) is 2.33. The fraction of sp³-hybridized carbons (Fsp3) is 0.429. The minimum absolute atomic E-state index is 0.0447. The Labute approximate surface area is 147 Å². The molecule has 0 bridgehead atoms. The normalized spacial score (nSPS) is 16.0. The molecule has 1 heterocycles. The van der Waals surface area contributed by atoms with Gasteiger partial charge in [0, 0.05) is 29.4 Å². The number of hydrogen-bond acceptors (Lipinski definition) is 2. The largest absolute Gasteiger partial charge is 0.507 e. The summed E-state index contributed by atoms with van der Waals surface area (Å²) in [6.45, 7) is 8.74. The Kier molecular flexibility index (Phi) is 5.15. The zero-order valence-corrected chi connectivity index (χ0v) is 16.0. The molecule has 0 saturated carbocycles. The summed E-state index contributed by atoms with van der Waals surface area (Å²) >= 11 is 0. The summed E-state index contributed by atoms with van der Waals surface area (Å²) in [4.78, 5) is 2.51. The molecule has 2 nitrogen and oxygen atoms in total. The Morgan fingerprint density at radius 2 is 1.54 bits per heavy atom. The topological polar surface area (TPSA) is 23.5 Å². The lowest BCUT2D eigenvalue weighted by Crippen LogP contribution is -2.32. The maximum absolute atomic E-state index is 10.8. The van der Waals surface area contributed by atoms with E-state index in [2.05, 4.69) is 62.1 Å². The highest BCUT2D eigenvalue weighted by Crippen LogP contribution is 2.33. The smallest absolute Gasteiger partial charge is 0.127 e. The molecule has 1 atom stereocenters. The van der Waals surface area contributed by atoms with Crippen LogP contribution in [0.15, 0.2) is 42.5 Å². The van der Waals surface area contributed by atoms with E-state index < -0.39 is 0 Å². The van der Waals surface area contributed by atoms with Crippen molar-refractivity contribution in [3.8, 4) is 5.75 Å². The molecule has 3 rings (SSSR count). The van der Waals surface area contributed by atoms with E-state index in [1.807, 2.05) is 6.07 Å². The molecule has 1 unspecified atom stereocenters. The third-order valence-electron chi connectivity index (χ3n) is 4.71. The molecule has 1 fully saturated rings. The van der Waals surface area contributed by atoms with Crippen LogP contribution in [-0.2, 0) is 5.41 Å². The average molecular weight is 341 g/mol. The molecule has 0 aliphatic carbocycles. The molecule has 0 radical (unpaired) electrons. The van der Waals surface area contributed by atoms with E-state index in [9.17, 15) is 5.11 Å². The van der Waals surface area contributed by atoms with E-state index >= 15 is 0 Å². The molecule has 3 heteroatoms. The van der Waals surface area contributed by atoms with Gasteiger partial charge in [0.05, 0.1) is 0 Å². The van der Waals surface area contributed by atoms with Gasteiger partial charge in [0.15, 0.2) is 0 Å². The summed E-state index contributed by atoms with van der Waals surface area (Å²) < 4.78 is 0. The maximum atomic E-state index is 10.8. The molecule has 1 aliphatic heterocycles. The van der Waals surface area contributed by atoms with Crippen molar-refractivity contribution >= 4 is 24.9 Å². The van der Waals surface area contributed by atoms with Crippen LogP contribution in [0, 0.1) is 0 Å².